The molecule has 0 fully saturated rings. The van der Waals surface area contributed by atoms with Crippen molar-refractivity contribution in [2.24, 2.45) is 0 Å². The van der Waals surface area contributed by atoms with Crippen molar-refractivity contribution in [2.75, 3.05) is 0 Å². The van der Waals surface area contributed by atoms with Crippen molar-refractivity contribution < 1.29 is 0 Å². The van der Waals surface area contributed by atoms with Crippen LogP contribution in [0.1, 0.15) is 0 Å². The zero-order chi connectivity index (χ0) is 12.7. The third-order valence-electron chi connectivity index (χ3n) is 2.57. The summed E-state index contributed by atoms with van der Waals surface area (Å²) in [5.74, 6) is 0. The third-order valence-corrected chi connectivity index (χ3v) is 3.64. The summed E-state index contributed by atoms with van der Waals surface area (Å²) in [6.45, 7) is 0. The fourth-order valence-electron chi connectivity index (χ4n) is 1.81. The topological polar surface area (TPSA) is 30.7 Å². The van der Waals surface area contributed by atoms with Gasteiger partial charge < -0.3 is 0 Å². The zero-order valence-electron chi connectivity index (χ0n) is 8.94. The van der Waals surface area contributed by atoms with Gasteiger partial charge in [0.25, 0.3) is 0 Å². The van der Waals surface area contributed by atoms with Gasteiger partial charge in [-0.15, -0.1) is 0 Å². The standard InChI is InChI=1S/C12H6BrCl2N3/c13-7-2-1-3-8(4-7)18-10(14)5-9-11(15)16-6-17-12(9)18/h1-6H. The third kappa shape index (κ3) is 1.90. The molecule has 90 valence electrons. The van der Waals surface area contributed by atoms with Crippen LogP contribution >= 0.6 is 39.1 Å². The van der Waals surface area contributed by atoms with Crippen LogP contribution < -0.4 is 0 Å². The van der Waals surface area contributed by atoms with E-state index in [1.54, 1.807) is 6.07 Å². The first-order chi connectivity index (χ1) is 8.66. The van der Waals surface area contributed by atoms with E-state index in [1.807, 2.05) is 28.8 Å². The maximum atomic E-state index is 6.25. The first kappa shape index (κ1) is 12.0. The highest BCUT2D eigenvalue weighted by Gasteiger charge is 2.13. The number of fused-ring (bicyclic) bond motifs is 1. The van der Waals surface area contributed by atoms with Gasteiger partial charge in [0.05, 0.1) is 5.39 Å². The molecule has 2 aromatic heterocycles. The molecule has 2 heterocycles. The lowest BCUT2D eigenvalue weighted by Crippen LogP contribution is -1.95. The van der Waals surface area contributed by atoms with Crippen LogP contribution in [0.4, 0.5) is 0 Å². The molecule has 0 aliphatic rings. The van der Waals surface area contributed by atoms with Crippen molar-refractivity contribution in [3.63, 3.8) is 0 Å². The molecule has 0 N–H and O–H groups in total. The molecule has 0 atom stereocenters. The van der Waals surface area contributed by atoms with Crippen molar-refractivity contribution in [1.29, 1.82) is 0 Å². The van der Waals surface area contributed by atoms with Gasteiger partial charge in [-0.05, 0) is 24.3 Å². The normalized spacial score (nSPS) is 11.1. The first-order valence-electron chi connectivity index (χ1n) is 5.10. The predicted octanol–water partition coefficient (Wildman–Crippen LogP) is 4.49. The minimum Gasteiger partial charge on any atom is -0.284 e. The van der Waals surface area contributed by atoms with Crippen LogP contribution in [0.25, 0.3) is 16.7 Å². The van der Waals surface area contributed by atoms with Gasteiger partial charge in [0, 0.05) is 10.2 Å². The summed E-state index contributed by atoms with van der Waals surface area (Å²) in [7, 11) is 0. The van der Waals surface area contributed by atoms with Crippen LogP contribution in [0, 0.1) is 0 Å². The van der Waals surface area contributed by atoms with Gasteiger partial charge in [-0.2, -0.15) is 0 Å². The molecular weight excluding hydrogens is 337 g/mol. The van der Waals surface area contributed by atoms with Gasteiger partial charge in [-0.3, -0.25) is 4.57 Å². The molecule has 6 heteroatoms. The Hall–Kier alpha value is -1.10. The van der Waals surface area contributed by atoms with Crippen molar-refractivity contribution in [2.45, 2.75) is 0 Å². The maximum absolute atomic E-state index is 6.25. The van der Waals surface area contributed by atoms with Crippen LogP contribution in [-0.2, 0) is 0 Å². The van der Waals surface area contributed by atoms with Gasteiger partial charge >= 0.3 is 0 Å². The highest BCUT2D eigenvalue weighted by Crippen LogP contribution is 2.30. The van der Waals surface area contributed by atoms with E-state index in [0.717, 1.165) is 15.5 Å². The summed E-state index contributed by atoms with van der Waals surface area (Å²) >= 11 is 15.7. The van der Waals surface area contributed by atoms with Crippen LogP contribution in [-0.4, -0.2) is 14.5 Å². The van der Waals surface area contributed by atoms with E-state index in [-0.39, 0.29) is 0 Å². The molecule has 1 aromatic carbocycles. The Morgan fingerprint density at radius 3 is 2.72 bits per heavy atom. The molecule has 0 saturated heterocycles. The molecule has 18 heavy (non-hydrogen) atoms. The molecule has 0 radical (unpaired) electrons. The van der Waals surface area contributed by atoms with Gasteiger partial charge in [0.1, 0.15) is 16.6 Å². The molecule has 3 rings (SSSR count). The van der Waals surface area contributed by atoms with Crippen LogP contribution in [0.3, 0.4) is 0 Å². The minimum absolute atomic E-state index is 0.399. The Labute approximate surface area is 122 Å². The number of halogens is 3. The second-order valence-electron chi connectivity index (χ2n) is 3.68. The average Bonchev–Trinajstić information content (AvgIpc) is 2.67. The molecule has 0 unspecified atom stereocenters. The Morgan fingerprint density at radius 1 is 1.11 bits per heavy atom. The predicted molar refractivity (Wildman–Crippen MR) is 76.6 cm³/mol. The SMILES string of the molecule is Clc1ncnc2c1cc(Cl)n2-c1cccc(Br)c1. The molecule has 0 spiro atoms. The zero-order valence-corrected chi connectivity index (χ0v) is 12.0. The summed E-state index contributed by atoms with van der Waals surface area (Å²) < 4.78 is 2.80. The quantitative estimate of drug-likeness (QED) is 0.610. The van der Waals surface area contributed by atoms with E-state index in [0.29, 0.717) is 16.0 Å². The monoisotopic (exact) mass is 341 g/mol. The second-order valence-corrected chi connectivity index (χ2v) is 5.35. The largest absolute Gasteiger partial charge is 0.284 e. The first-order valence-corrected chi connectivity index (χ1v) is 6.65. The Bertz CT molecular complexity index is 739. The van der Waals surface area contributed by atoms with Crippen LogP contribution in [0.15, 0.2) is 41.1 Å². The number of nitrogens with zero attached hydrogens (tertiary/aromatic N) is 3. The van der Waals surface area contributed by atoms with Crippen molar-refractivity contribution in [3.05, 3.63) is 51.4 Å². The summed E-state index contributed by atoms with van der Waals surface area (Å²) in [5, 5.41) is 1.69. The highest BCUT2D eigenvalue weighted by molar-refractivity contribution is 9.10. The van der Waals surface area contributed by atoms with Gasteiger partial charge in [-0.1, -0.05) is 45.2 Å². The van der Waals surface area contributed by atoms with Crippen LogP contribution in [0.5, 0.6) is 0 Å². The molecule has 3 nitrogen and oxygen atoms in total. The minimum atomic E-state index is 0.399. The van der Waals surface area contributed by atoms with Crippen LogP contribution in [0.2, 0.25) is 10.3 Å². The number of hydrogen-bond acceptors (Lipinski definition) is 2. The molecule has 0 saturated carbocycles. The number of benzene rings is 1. The molecule has 0 aliphatic heterocycles. The summed E-state index contributed by atoms with van der Waals surface area (Å²) in [6, 6.07) is 9.56. The Balaban J connectivity index is 2.36. The maximum Gasteiger partial charge on any atom is 0.150 e. The lowest BCUT2D eigenvalue weighted by atomic mass is 10.3. The van der Waals surface area contributed by atoms with Gasteiger partial charge in [0.2, 0.25) is 0 Å². The molecule has 0 aliphatic carbocycles. The van der Waals surface area contributed by atoms with E-state index in [9.17, 15) is 0 Å². The fourth-order valence-corrected chi connectivity index (χ4v) is 2.67. The van der Waals surface area contributed by atoms with Gasteiger partial charge in [-0.25, -0.2) is 9.97 Å². The molecule has 0 amide bonds. The smallest absolute Gasteiger partial charge is 0.150 e. The number of aromatic nitrogens is 3. The lowest BCUT2D eigenvalue weighted by Gasteiger charge is -2.06. The fraction of sp³-hybridized carbons (Fsp3) is 0. The number of rotatable bonds is 1. The highest BCUT2D eigenvalue weighted by atomic mass is 79.9. The Morgan fingerprint density at radius 2 is 1.94 bits per heavy atom. The second kappa shape index (κ2) is 4.53. The average molecular weight is 343 g/mol. The Kier molecular flexibility index (Phi) is 3.01. The van der Waals surface area contributed by atoms with E-state index in [4.69, 9.17) is 23.2 Å². The molecule has 0 bridgehead atoms. The van der Waals surface area contributed by atoms with Crippen molar-refractivity contribution in [3.8, 4) is 5.69 Å². The number of hydrogen-bond donors (Lipinski definition) is 0. The lowest BCUT2D eigenvalue weighted by molar-refractivity contribution is 1.07. The summed E-state index contributed by atoms with van der Waals surface area (Å²) in [5.41, 5.74) is 1.61. The molecular formula is C12H6BrCl2N3. The van der Waals surface area contributed by atoms with Gasteiger partial charge in [0.15, 0.2) is 5.65 Å². The summed E-state index contributed by atoms with van der Waals surface area (Å²) in [6.07, 6.45) is 1.43. The van der Waals surface area contributed by atoms with E-state index < -0.39 is 0 Å². The van der Waals surface area contributed by atoms with E-state index >= 15 is 0 Å². The summed E-state index contributed by atoms with van der Waals surface area (Å²) in [4.78, 5) is 8.18. The van der Waals surface area contributed by atoms with E-state index in [2.05, 4.69) is 25.9 Å². The molecule has 3 aromatic rings. The van der Waals surface area contributed by atoms with Crippen molar-refractivity contribution >= 4 is 50.2 Å². The van der Waals surface area contributed by atoms with E-state index in [1.165, 1.54) is 6.33 Å². The van der Waals surface area contributed by atoms with Crippen molar-refractivity contribution in [1.82, 2.24) is 14.5 Å².